The highest BCUT2D eigenvalue weighted by atomic mass is 16.7. The molecule has 2 aromatic carbocycles. The van der Waals surface area contributed by atoms with Crippen molar-refractivity contribution in [2.24, 2.45) is 0 Å². The van der Waals surface area contributed by atoms with Crippen LogP contribution in [0.1, 0.15) is 43.7 Å². The fourth-order valence-electron chi connectivity index (χ4n) is 3.22. The van der Waals surface area contributed by atoms with Gasteiger partial charge in [-0.3, -0.25) is 4.90 Å². The van der Waals surface area contributed by atoms with Crippen molar-refractivity contribution in [3.05, 3.63) is 59.5 Å². The first-order valence-corrected chi connectivity index (χ1v) is 9.66. The Labute approximate surface area is 165 Å². The average Bonchev–Trinajstić information content (AvgIpc) is 3.36. The Morgan fingerprint density at radius 2 is 1.79 bits per heavy atom. The number of rotatable bonds is 7. The van der Waals surface area contributed by atoms with Crippen molar-refractivity contribution in [2.45, 2.75) is 39.8 Å². The van der Waals surface area contributed by atoms with Gasteiger partial charge in [-0.05, 0) is 35.7 Å². The monoisotopic (exact) mass is 379 g/mol. The Hall–Kier alpha value is -2.86. The van der Waals surface area contributed by atoms with Gasteiger partial charge in [-0.2, -0.15) is 4.98 Å². The fraction of sp³-hybridized carbons (Fsp3) is 0.364. The van der Waals surface area contributed by atoms with Gasteiger partial charge in [0.25, 0.3) is 0 Å². The predicted molar refractivity (Wildman–Crippen MR) is 106 cm³/mol. The molecule has 0 unspecified atom stereocenters. The summed E-state index contributed by atoms with van der Waals surface area (Å²) in [5.74, 6) is 3.36. The van der Waals surface area contributed by atoms with E-state index in [1.54, 1.807) is 0 Å². The number of hydrogen-bond acceptors (Lipinski definition) is 6. The van der Waals surface area contributed by atoms with Crippen LogP contribution in [-0.2, 0) is 13.1 Å². The van der Waals surface area contributed by atoms with Gasteiger partial charge in [0.15, 0.2) is 11.5 Å². The Morgan fingerprint density at radius 1 is 1.00 bits per heavy atom. The van der Waals surface area contributed by atoms with Crippen molar-refractivity contribution >= 4 is 0 Å². The van der Waals surface area contributed by atoms with E-state index in [0.717, 1.165) is 35.7 Å². The predicted octanol–water partition coefficient (Wildman–Crippen LogP) is 4.61. The molecule has 0 N–H and O–H groups in total. The van der Waals surface area contributed by atoms with E-state index in [4.69, 9.17) is 14.0 Å². The maximum Gasteiger partial charge on any atom is 0.241 e. The van der Waals surface area contributed by atoms with Crippen molar-refractivity contribution in [3.63, 3.8) is 0 Å². The quantitative estimate of drug-likeness (QED) is 0.597. The standard InChI is InChI=1S/C22H25N3O3/c1-4-25(12-16-5-10-19-20(11-16)27-14-26-19)13-21-23-22(24-28-21)18-8-6-17(7-9-18)15(2)3/h5-11,15H,4,12-14H2,1-3H3. The largest absolute Gasteiger partial charge is 0.454 e. The van der Waals surface area contributed by atoms with E-state index >= 15 is 0 Å². The molecule has 3 aromatic rings. The Morgan fingerprint density at radius 3 is 2.54 bits per heavy atom. The van der Waals surface area contributed by atoms with E-state index in [1.807, 2.05) is 24.3 Å². The highest BCUT2D eigenvalue weighted by Crippen LogP contribution is 2.33. The molecule has 6 heteroatoms. The summed E-state index contributed by atoms with van der Waals surface area (Å²) in [6.45, 7) is 9.02. The van der Waals surface area contributed by atoms with E-state index in [0.29, 0.717) is 31.0 Å². The zero-order valence-corrected chi connectivity index (χ0v) is 16.5. The molecule has 0 bridgehead atoms. The molecule has 0 saturated carbocycles. The SMILES string of the molecule is CCN(Cc1ccc2c(c1)OCO2)Cc1nc(-c2ccc(C(C)C)cc2)no1. The summed E-state index contributed by atoms with van der Waals surface area (Å²) in [6, 6.07) is 14.4. The van der Waals surface area contributed by atoms with Crippen LogP contribution in [0.25, 0.3) is 11.4 Å². The van der Waals surface area contributed by atoms with Gasteiger partial charge in [-0.25, -0.2) is 0 Å². The van der Waals surface area contributed by atoms with E-state index in [1.165, 1.54) is 5.56 Å². The lowest BCUT2D eigenvalue weighted by Gasteiger charge is -2.18. The Balaban J connectivity index is 1.43. The lowest BCUT2D eigenvalue weighted by Crippen LogP contribution is -2.22. The number of benzene rings is 2. The topological polar surface area (TPSA) is 60.6 Å². The molecule has 0 fully saturated rings. The summed E-state index contributed by atoms with van der Waals surface area (Å²) in [7, 11) is 0. The van der Waals surface area contributed by atoms with Crippen LogP contribution in [0.2, 0.25) is 0 Å². The van der Waals surface area contributed by atoms with Gasteiger partial charge >= 0.3 is 0 Å². The number of ether oxygens (including phenoxy) is 2. The average molecular weight is 379 g/mol. The molecule has 6 nitrogen and oxygen atoms in total. The van der Waals surface area contributed by atoms with Crippen LogP contribution in [0.5, 0.6) is 11.5 Å². The van der Waals surface area contributed by atoms with Gasteiger partial charge in [0.2, 0.25) is 18.5 Å². The van der Waals surface area contributed by atoms with Crippen LogP contribution in [0.4, 0.5) is 0 Å². The molecule has 0 radical (unpaired) electrons. The van der Waals surface area contributed by atoms with Gasteiger partial charge in [0.1, 0.15) is 0 Å². The number of hydrogen-bond donors (Lipinski definition) is 0. The van der Waals surface area contributed by atoms with Crippen LogP contribution in [-0.4, -0.2) is 28.4 Å². The van der Waals surface area contributed by atoms with Crippen molar-refractivity contribution in [2.75, 3.05) is 13.3 Å². The van der Waals surface area contributed by atoms with Gasteiger partial charge in [-0.1, -0.05) is 56.3 Å². The zero-order valence-electron chi connectivity index (χ0n) is 16.5. The third kappa shape index (κ3) is 4.02. The summed E-state index contributed by atoms with van der Waals surface area (Å²) in [5.41, 5.74) is 3.43. The van der Waals surface area contributed by atoms with Gasteiger partial charge in [-0.15, -0.1) is 0 Å². The fourth-order valence-corrected chi connectivity index (χ4v) is 3.22. The number of aromatic nitrogens is 2. The third-order valence-electron chi connectivity index (χ3n) is 4.95. The molecule has 28 heavy (non-hydrogen) atoms. The van der Waals surface area contributed by atoms with Crippen LogP contribution < -0.4 is 9.47 Å². The molecule has 0 atom stereocenters. The lowest BCUT2D eigenvalue weighted by atomic mass is 10.0. The summed E-state index contributed by atoms with van der Waals surface area (Å²) < 4.78 is 16.3. The molecule has 0 aliphatic carbocycles. The summed E-state index contributed by atoms with van der Waals surface area (Å²) in [4.78, 5) is 6.82. The van der Waals surface area contributed by atoms with Gasteiger partial charge in [0.05, 0.1) is 6.54 Å². The molecular formula is C22H25N3O3. The summed E-state index contributed by atoms with van der Waals surface area (Å²) >= 11 is 0. The Kier molecular flexibility index (Phi) is 5.30. The van der Waals surface area contributed by atoms with Crippen molar-refractivity contribution in [3.8, 4) is 22.9 Å². The Bertz CT molecular complexity index is 934. The molecule has 146 valence electrons. The van der Waals surface area contributed by atoms with Gasteiger partial charge in [0, 0.05) is 12.1 Å². The van der Waals surface area contributed by atoms with E-state index < -0.39 is 0 Å². The second-order valence-electron chi connectivity index (χ2n) is 7.28. The first kappa shape index (κ1) is 18.5. The first-order valence-electron chi connectivity index (χ1n) is 9.66. The van der Waals surface area contributed by atoms with Crippen LogP contribution in [0.3, 0.4) is 0 Å². The normalized spacial score (nSPS) is 12.9. The molecule has 0 spiro atoms. The van der Waals surface area contributed by atoms with Gasteiger partial charge < -0.3 is 14.0 Å². The smallest absolute Gasteiger partial charge is 0.241 e. The molecule has 2 heterocycles. The molecular weight excluding hydrogens is 354 g/mol. The first-order chi connectivity index (χ1) is 13.6. The second kappa shape index (κ2) is 8.02. The minimum atomic E-state index is 0.291. The van der Waals surface area contributed by atoms with Crippen LogP contribution in [0.15, 0.2) is 47.0 Å². The molecule has 0 amide bonds. The molecule has 4 rings (SSSR count). The molecule has 1 aliphatic heterocycles. The maximum absolute atomic E-state index is 5.49. The third-order valence-corrected chi connectivity index (χ3v) is 4.95. The van der Waals surface area contributed by atoms with E-state index in [9.17, 15) is 0 Å². The second-order valence-corrected chi connectivity index (χ2v) is 7.28. The molecule has 1 aliphatic rings. The number of fused-ring (bicyclic) bond motifs is 1. The van der Waals surface area contributed by atoms with E-state index in [-0.39, 0.29) is 0 Å². The molecule has 0 saturated heterocycles. The van der Waals surface area contributed by atoms with Crippen molar-refractivity contribution in [1.29, 1.82) is 0 Å². The zero-order chi connectivity index (χ0) is 19.5. The van der Waals surface area contributed by atoms with Crippen LogP contribution in [0, 0.1) is 0 Å². The summed E-state index contributed by atoms with van der Waals surface area (Å²) in [6.07, 6.45) is 0. The maximum atomic E-state index is 5.49. The lowest BCUT2D eigenvalue weighted by molar-refractivity contribution is 0.174. The molecule has 1 aromatic heterocycles. The summed E-state index contributed by atoms with van der Waals surface area (Å²) in [5, 5.41) is 4.15. The van der Waals surface area contributed by atoms with Crippen molar-refractivity contribution in [1.82, 2.24) is 15.0 Å². The van der Waals surface area contributed by atoms with Crippen molar-refractivity contribution < 1.29 is 14.0 Å². The minimum absolute atomic E-state index is 0.291. The highest BCUT2D eigenvalue weighted by Gasteiger charge is 2.16. The minimum Gasteiger partial charge on any atom is -0.454 e. The van der Waals surface area contributed by atoms with E-state index in [2.05, 4.69) is 54.0 Å². The van der Waals surface area contributed by atoms with Crippen LogP contribution >= 0.6 is 0 Å². The number of nitrogens with zero attached hydrogens (tertiary/aromatic N) is 3. The highest BCUT2D eigenvalue weighted by molar-refractivity contribution is 5.54.